The minimum Gasteiger partial charge on any atom is -0.490 e. The highest BCUT2D eigenvalue weighted by Crippen LogP contribution is 2.30. The lowest BCUT2D eigenvalue weighted by atomic mass is 9.93. The third kappa shape index (κ3) is 4.09. The van der Waals surface area contributed by atoms with Crippen LogP contribution in [0, 0.1) is 6.92 Å². The van der Waals surface area contributed by atoms with Crippen molar-refractivity contribution >= 4 is 27.1 Å². The van der Waals surface area contributed by atoms with Crippen LogP contribution in [-0.2, 0) is 10.2 Å². The van der Waals surface area contributed by atoms with E-state index in [9.17, 15) is 0 Å². The fourth-order valence-electron chi connectivity index (χ4n) is 3.07. The van der Waals surface area contributed by atoms with Gasteiger partial charge >= 0.3 is 0 Å². The van der Waals surface area contributed by atoms with Crippen molar-refractivity contribution in [2.24, 2.45) is 0 Å². The van der Waals surface area contributed by atoms with Crippen LogP contribution in [0.15, 0.2) is 24.4 Å². The molecular weight excluding hydrogens is 360 g/mol. The lowest BCUT2D eigenvalue weighted by Gasteiger charge is -2.24. The highest BCUT2D eigenvalue weighted by Gasteiger charge is 2.20. The van der Waals surface area contributed by atoms with E-state index in [0.29, 0.717) is 0 Å². The van der Waals surface area contributed by atoms with Gasteiger partial charge < -0.3 is 14.8 Å². The normalized spacial score (nSPS) is 16.0. The Labute approximate surface area is 163 Å². The van der Waals surface area contributed by atoms with Gasteiger partial charge in [0.15, 0.2) is 0 Å². The minimum atomic E-state index is 0.0262. The van der Waals surface area contributed by atoms with Gasteiger partial charge in [-0.1, -0.05) is 32.1 Å². The van der Waals surface area contributed by atoms with Crippen molar-refractivity contribution in [1.29, 1.82) is 0 Å². The quantitative estimate of drug-likeness (QED) is 0.704. The van der Waals surface area contributed by atoms with Crippen molar-refractivity contribution in [3.05, 3.63) is 35.7 Å². The molecule has 0 spiro atoms. The van der Waals surface area contributed by atoms with Gasteiger partial charge in [0.25, 0.3) is 0 Å². The van der Waals surface area contributed by atoms with E-state index < -0.39 is 0 Å². The van der Waals surface area contributed by atoms with Crippen LogP contribution in [0.2, 0.25) is 0 Å². The number of fused-ring (bicyclic) bond motifs is 1. The molecule has 0 atom stereocenters. The smallest absolute Gasteiger partial charge is 0.214 e. The van der Waals surface area contributed by atoms with E-state index >= 15 is 0 Å². The maximum atomic E-state index is 6.14. The monoisotopic (exact) mass is 386 g/mol. The molecule has 0 radical (unpaired) electrons. The van der Waals surface area contributed by atoms with Gasteiger partial charge in [-0.05, 0) is 30.7 Å². The summed E-state index contributed by atoms with van der Waals surface area (Å²) in [6.45, 7) is 10.1. The first kappa shape index (κ1) is 18.3. The van der Waals surface area contributed by atoms with Crippen molar-refractivity contribution in [2.45, 2.75) is 52.1 Å². The van der Waals surface area contributed by atoms with Gasteiger partial charge in [0, 0.05) is 23.9 Å². The van der Waals surface area contributed by atoms with Crippen LogP contribution in [0.5, 0.6) is 5.75 Å². The first-order valence-electron chi connectivity index (χ1n) is 9.37. The Morgan fingerprint density at radius 1 is 1.26 bits per heavy atom. The topological polar surface area (TPSA) is 60.7 Å². The maximum absolute atomic E-state index is 6.14. The Hall–Kier alpha value is -2.12. The predicted octanol–water partition coefficient (Wildman–Crippen LogP) is 4.70. The minimum absolute atomic E-state index is 0.0262. The number of anilines is 2. The first-order valence-corrected chi connectivity index (χ1v) is 10.2. The lowest BCUT2D eigenvalue weighted by molar-refractivity contribution is 0.0253. The molecular formula is C20H26N4O2S. The highest BCUT2D eigenvalue weighted by molar-refractivity contribution is 7.20. The number of aromatic nitrogens is 3. The van der Waals surface area contributed by atoms with Gasteiger partial charge in [-0.15, -0.1) is 5.10 Å². The summed E-state index contributed by atoms with van der Waals surface area (Å²) in [5.41, 5.74) is 3.19. The molecule has 3 heterocycles. The van der Waals surface area contributed by atoms with Gasteiger partial charge in [-0.3, -0.25) is 0 Å². The Morgan fingerprint density at radius 2 is 2.04 bits per heavy atom. The van der Waals surface area contributed by atoms with Crippen LogP contribution in [0.1, 0.15) is 44.9 Å². The molecule has 0 bridgehead atoms. The van der Waals surface area contributed by atoms with Crippen LogP contribution in [0.4, 0.5) is 10.8 Å². The van der Waals surface area contributed by atoms with Crippen molar-refractivity contribution in [2.75, 3.05) is 18.5 Å². The second-order valence-corrected chi connectivity index (χ2v) is 9.00. The second-order valence-electron chi connectivity index (χ2n) is 8.05. The number of imidazole rings is 1. The molecule has 4 rings (SSSR count). The predicted molar refractivity (Wildman–Crippen MR) is 108 cm³/mol. The van der Waals surface area contributed by atoms with Gasteiger partial charge in [0.1, 0.15) is 11.9 Å². The van der Waals surface area contributed by atoms with E-state index in [2.05, 4.69) is 44.2 Å². The summed E-state index contributed by atoms with van der Waals surface area (Å²) < 4.78 is 13.4. The summed E-state index contributed by atoms with van der Waals surface area (Å²) in [5.74, 6) is 0.941. The number of ether oxygens (including phenoxy) is 2. The fraction of sp³-hybridized carbons (Fsp3) is 0.500. The molecule has 3 aromatic rings. The second kappa shape index (κ2) is 7.13. The van der Waals surface area contributed by atoms with Gasteiger partial charge in [0.05, 0.1) is 25.1 Å². The largest absolute Gasteiger partial charge is 0.490 e. The van der Waals surface area contributed by atoms with Crippen molar-refractivity contribution < 1.29 is 9.47 Å². The van der Waals surface area contributed by atoms with Crippen LogP contribution in [0.3, 0.4) is 0 Å². The van der Waals surface area contributed by atoms with Gasteiger partial charge in [-0.25, -0.2) is 9.50 Å². The Bertz CT molecular complexity index is 904. The fourth-order valence-corrected chi connectivity index (χ4v) is 3.87. The molecule has 0 amide bonds. The van der Waals surface area contributed by atoms with E-state index in [0.717, 1.165) is 58.8 Å². The summed E-state index contributed by atoms with van der Waals surface area (Å²) in [4.78, 5) is 5.59. The zero-order valence-electron chi connectivity index (χ0n) is 16.3. The van der Waals surface area contributed by atoms with Crippen LogP contribution in [-0.4, -0.2) is 33.9 Å². The van der Waals surface area contributed by atoms with Gasteiger partial charge in [-0.2, -0.15) is 0 Å². The number of nitrogens with zero attached hydrogens (tertiary/aromatic N) is 3. The third-order valence-electron chi connectivity index (χ3n) is 4.70. The van der Waals surface area contributed by atoms with E-state index in [1.165, 1.54) is 0 Å². The average Bonchev–Trinajstić information content (AvgIpc) is 3.17. The Balaban J connectivity index is 1.46. The average molecular weight is 387 g/mol. The Morgan fingerprint density at radius 3 is 2.70 bits per heavy atom. The van der Waals surface area contributed by atoms with E-state index in [1.54, 1.807) is 11.3 Å². The molecule has 0 saturated carbocycles. The van der Waals surface area contributed by atoms with Gasteiger partial charge in [0.2, 0.25) is 10.1 Å². The SMILES string of the molecule is Cc1cc(Nc2nn3cc(C(C)(C)C)nc3s2)ccc1OC1CCOCC1. The van der Waals surface area contributed by atoms with Crippen LogP contribution >= 0.6 is 11.3 Å². The molecule has 2 aromatic heterocycles. The highest BCUT2D eigenvalue weighted by atomic mass is 32.1. The lowest BCUT2D eigenvalue weighted by Crippen LogP contribution is -2.26. The molecule has 6 nitrogen and oxygen atoms in total. The van der Waals surface area contributed by atoms with E-state index in [-0.39, 0.29) is 11.5 Å². The summed E-state index contributed by atoms with van der Waals surface area (Å²) in [6.07, 6.45) is 4.16. The number of aryl methyl sites for hydroxylation is 1. The summed E-state index contributed by atoms with van der Waals surface area (Å²) in [7, 11) is 0. The molecule has 27 heavy (non-hydrogen) atoms. The summed E-state index contributed by atoms with van der Waals surface area (Å²) in [5, 5.41) is 8.81. The molecule has 1 fully saturated rings. The zero-order chi connectivity index (χ0) is 19.0. The van der Waals surface area contributed by atoms with Crippen molar-refractivity contribution in [3.8, 4) is 5.75 Å². The van der Waals surface area contributed by atoms with Crippen LogP contribution < -0.4 is 10.1 Å². The molecule has 0 aliphatic carbocycles. The molecule has 1 aliphatic rings. The number of hydrogen-bond donors (Lipinski definition) is 1. The number of rotatable bonds is 4. The van der Waals surface area contributed by atoms with E-state index in [4.69, 9.17) is 14.5 Å². The van der Waals surface area contributed by atoms with Crippen LogP contribution in [0.25, 0.3) is 4.96 Å². The number of benzene rings is 1. The first-order chi connectivity index (χ1) is 12.9. The third-order valence-corrected chi connectivity index (χ3v) is 5.54. The Kier molecular flexibility index (Phi) is 4.82. The molecule has 7 heteroatoms. The molecule has 1 saturated heterocycles. The molecule has 1 N–H and O–H groups in total. The molecule has 0 unspecified atom stereocenters. The summed E-state index contributed by atoms with van der Waals surface area (Å²) >= 11 is 1.55. The number of hydrogen-bond acceptors (Lipinski definition) is 6. The standard InChI is InChI=1S/C20H26N4O2S/c1-13-11-14(5-6-16(13)26-15-7-9-25-10-8-15)21-18-23-24-12-17(20(2,3)4)22-19(24)27-18/h5-6,11-12,15H,7-10H2,1-4H3,(H,21,23). The molecule has 1 aromatic carbocycles. The molecule has 1 aliphatic heterocycles. The van der Waals surface area contributed by atoms with E-state index in [1.807, 2.05) is 22.8 Å². The van der Waals surface area contributed by atoms with Crippen molar-refractivity contribution in [1.82, 2.24) is 14.6 Å². The zero-order valence-corrected chi connectivity index (χ0v) is 17.1. The summed E-state index contributed by atoms with van der Waals surface area (Å²) in [6, 6.07) is 6.16. The maximum Gasteiger partial charge on any atom is 0.214 e. The van der Waals surface area contributed by atoms with Crippen molar-refractivity contribution in [3.63, 3.8) is 0 Å². The molecule has 144 valence electrons. The number of nitrogens with one attached hydrogen (secondary N) is 1.